The number of aromatic nitrogens is 2. The number of aliphatic hydroxyl groups is 2. The number of anilines is 1. The van der Waals surface area contributed by atoms with E-state index in [1.165, 1.54) is 13.3 Å². The minimum Gasteiger partial charge on any atom is -0.478 e. The van der Waals surface area contributed by atoms with Crippen molar-refractivity contribution in [1.29, 1.82) is 0 Å². The van der Waals surface area contributed by atoms with Gasteiger partial charge in [0, 0.05) is 6.54 Å². The molecule has 9 heteroatoms. The van der Waals surface area contributed by atoms with Crippen LogP contribution < -0.4 is 15.8 Å². The van der Waals surface area contributed by atoms with E-state index in [-0.39, 0.29) is 30.4 Å². The Kier molecular flexibility index (Phi) is 6.52. The fourth-order valence-electron chi connectivity index (χ4n) is 1.68. The molecular formula is C14H24N4O5. The number of aliphatic hydroxyl groups excluding tert-OH is 2. The molecule has 0 aliphatic heterocycles. The van der Waals surface area contributed by atoms with E-state index in [4.69, 9.17) is 15.2 Å². The van der Waals surface area contributed by atoms with Crippen LogP contribution in [0.4, 0.5) is 10.6 Å². The molecule has 1 aromatic heterocycles. The van der Waals surface area contributed by atoms with Gasteiger partial charge in [-0.3, -0.25) is 0 Å². The molecule has 23 heavy (non-hydrogen) atoms. The second kappa shape index (κ2) is 7.93. The van der Waals surface area contributed by atoms with E-state index in [0.29, 0.717) is 0 Å². The number of methoxy groups -OCH3 is 1. The summed E-state index contributed by atoms with van der Waals surface area (Å²) in [5.41, 5.74) is 5.06. The zero-order valence-corrected chi connectivity index (χ0v) is 13.7. The molecule has 1 heterocycles. The highest BCUT2D eigenvalue weighted by Gasteiger charge is 2.22. The largest absolute Gasteiger partial charge is 0.478 e. The van der Waals surface area contributed by atoms with Crippen LogP contribution in [0.25, 0.3) is 0 Å². The molecule has 0 aliphatic rings. The molecule has 0 saturated heterocycles. The van der Waals surface area contributed by atoms with Gasteiger partial charge in [-0.25, -0.2) is 14.8 Å². The van der Waals surface area contributed by atoms with Gasteiger partial charge in [0.25, 0.3) is 5.88 Å². The smallest absolute Gasteiger partial charge is 0.407 e. The van der Waals surface area contributed by atoms with Gasteiger partial charge in [0.2, 0.25) is 0 Å². The minimum atomic E-state index is -1.28. The zero-order valence-electron chi connectivity index (χ0n) is 13.7. The van der Waals surface area contributed by atoms with E-state index in [1.54, 1.807) is 20.8 Å². The number of nitrogen functional groups attached to an aromatic ring is 1. The Morgan fingerprint density at radius 2 is 2.09 bits per heavy atom. The highest BCUT2D eigenvalue weighted by atomic mass is 16.6. The van der Waals surface area contributed by atoms with Gasteiger partial charge in [0.05, 0.1) is 25.1 Å². The lowest BCUT2D eigenvalue weighted by Crippen LogP contribution is -2.34. The van der Waals surface area contributed by atoms with Crippen molar-refractivity contribution in [3.8, 4) is 5.88 Å². The Morgan fingerprint density at radius 3 is 2.65 bits per heavy atom. The highest BCUT2D eigenvalue weighted by Crippen LogP contribution is 2.21. The minimum absolute atomic E-state index is 0.0700. The van der Waals surface area contributed by atoms with Gasteiger partial charge in [0.1, 0.15) is 11.7 Å². The summed E-state index contributed by atoms with van der Waals surface area (Å²) in [5, 5.41) is 22.5. The Morgan fingerprint density at radius 1 is 1.43 bits per heavy atom. The number of ether oxygens (including phenoxy) is 2. The first-order chi connectivity index (χ1) is 10.6. The van der Waals surface area contributed by atoms with Gasteiger partial charge < -0.3 is 30.7 Å². The standard InChI is InChI=1S/C14H24N4O5/c1-14(2,3)23-13(21)16-6-5-9(19)10(20)8-7-17-11(15)12(18-8)22-4/h7,9-10,19-20H,5-6H2,1-4H3,(H2,15,17)(H,16,21). The number of hydrogen-bond acceptors (Lipinski definition) is 8. The Hall–Kier alpha value is -2.13. The van der Waals surface area contributed by atoms with E-state index < -0.39 is 23.9 Å². The van der Waals surface area contributed by atoms with E-state index in [0.717, 1.165) is 0 Å². The van der Waals surface area contributed by atoms with Gasteiger partial charge >= 0.3 is 6.09 Å². The van der Waals surface area contributed by atoms with Crippen molar-refractivity contribution in [3.63, 3.8) is 0 Å². The van der Waals surface area contributed by atoms with Crippen LogP contribution >= 0.6 is 0 Å². The summed E-state index contributed by atoms with van der Waals surface area (Å²) < 4.78 is 9.97. The molecule has 0 aliphatic carbocycles. The molecule has 2 atom stereocenters. The summed E-state index contributed by atoms with van der Waals surface area (Å²) in [6.07, 6.45) is -1.65. The molecular weight excluding hydrogens is 304 g/mol. The average molecular weight is 328 g/mol. The molecule has 1 amide bonds. The van der Waals surface area contributed by atoms with Crippen molar-refractivity contribution in [3.05, 3.63) is 11.9 Å². The van der Waals surface area contributed by atoms with Crippen molar-refractivity contribution < 1.29 is 24.5 Å². The van der Waals surface area contributed by atoms with Crippen LogP contribution in [0, 0.1) is 0 Å². The van der Waals surface area contributed by atoms with Crippen LogP contribution in [0.1, 0.15) is 39.0 Å². The average Bonchev–Trinajstić information content (AvgIpc) is 2.45. The fourth-order valence-corrected chi connectivity index (χ4v) is 1.68. The third kappa shape index (κ3) is 6.25. The Bertz CT molecular complexity index is 532. The first kappa shape index (κ1) is 18.9. The summed E-state index contributed by atoms with van der Waals surface area (Å²) in [6.45, 7) is 5.38. The quantitative estimate of drug-likeness (QED) is 0.587. The summed E-state index contributed by atoms with van der Waals surface area (Å²) in [6, 6.07) is 0. The molecule has 5 N–H and O–H groups in total. The topological polar surface area (TPSA) is 140 Å². The number of amides is 1. The van der Waals surface area contributed by atoms with Gasteiger partial charge in [-0.2, -0.15) is 0 Å². The molecule has 2 unspecified atom stereocenters. The van der Waals surface area contributed by atoms with Crippen LogP contribution in [0.2, 0.25) is 0 Å². The molecule has 0 fully saturated rings. The summed E-state index contributed by atoms with van der Waals surface area (Å²) in [7, 11) is 1.37. The number of nitrogens with one attached hydrogen (secondary N) is 1. The highest BCUT2D eigenvalue weighted by molar-refractivity contribution is 5.67. The van der Waals surface area contributed by atoms with Crippen LogP contribution in [0.15, 0.2) is 6.20 Å². The lowest BCUT2D eigenvalue weighted by atomic mass is 10.1. The van der Waals surface area contributed by atoms with Crippen LogP contribution in [-0.4, -0.2) is 51.6 Å². The number of nitrogens with two attached hydrogens (primary N) is 1. The second-order valence-electron chi connectivity index (χ2n) is 5.92. The predicted molar refractivity (Wildman–Crippen MR) is 82.8 cm³/mol. The first-order valence-electron chi connectivity index (χ1n) is 7.13. The molecule has 0 bridgehead atoms. The van der Waals surface area contributed by atoms with Crippen molar-refractivity contribution >= 4 is 11.9 Å². The summed E-state index contributed by atoms with van der Waals surface area (Å²) in [4.78, 5) is 19.3. The normalized spacial score (nSPS) is 14.0. The first-order valence-corrected chi connectivity index (χ1v) is 7.13. The maximum Gasteiger partial charge on any atom is 0.407 e. The second-order valence-corrected chi connectivity index (χ2v) is 5.92. The lowest BCUT2D eigenvalue weighted by molar-refractivity contribution is 0.00949. The molecule has 130 valence electrons. The molecule has 1 rings (SSSR count). The van der Waals surface area contributed by atoms with Crippen molar-refractivity contribution in [2.24, 2.45) is 0 Å². The maximum atomic E-state index is 11.5. The van der Waals surface area contributed by atoms with E-state index in [1.807, 2.05) is 0 Å². The van der Waals surface area contributed by atoms with E-state index in [9.17, 15) is 15.0 Å². The van der Waals surface area contributed by atoms with Gasteiger partial charge in [-0.05, 0) is 27.2 Å². The monoisotopic (exact) mass is 328 g/mol. The van der Waals surface area contributed by atoms with Crippen LogP contribution in [0.3, 0.4) is 0 Å². The predicted octanol–water partition coefficient (Wildman–Crippen LogP) is 0.376. The summed E-state index contributed by atoms with van der Waals surface area (Å²) in [5.74, 6) is 0.158. The summed E-state index contributed by atoms with van der Waals surface area (Å²) >= 11 is 0. The number of carbonyl (C=O) groups excluding carboxylic acids is 1. The van der Waals surface area contributed by atoms with Crippen molar-refractivity contribution in [2.75, 3.05) is 19.4 Å². The fraction of sp³-hybridized carbons (Fsp3) is 0.643. The molecule has 0 saturated carbocycles. The Balaban J connectivity index is 2.51. The van der Waals surface area contributed by atoms with Crippen LogP contribution in [0.5, 0.6) is 5.88 Å². The molecule has 1 aromatic rings. The maximum absolute atomic E-state index is 11.5. The van der Waals surface area contributed by atoms with E-state index in [2.05, 4.69) is 15.3 Å². The number of nitrogens with zero attached hydrogens (tertiary/aromatic N) is 2. The molecule has 0 spiro atoms. The third-order valence-corrected chi connectivity index (χ3v) is 2.75. The van der Waals surface area contributed by atoms with Gasteiger partial charge in [-0.1, -0.05) is 0 Å². The van der Waals surface area contributed by atoms with Gasteiger partial charge in [0.15, 0.2) is 5.82 Å². The number of rotatable bonds is 6. The number of hydrogen-bond donors (Lipinski definition) is 4. The zero-order chi connectivity index (χ0) is 17.6. The molecule has 0 aromatic carbocycles. The van der Waals surface area contributed by atoms with Gasteiger partial charge in [-0.15, -0.1) is 0 Å². The Labute approximate surface area is 134 Å². The SMILES string of the molecule is COc1nc(C(O)C(O)CCNC(=O)OC(C)(C)C)cnc1N. The molecule has 9 nitrogen and oxygen atoms in total. The van der Waals surface area contributed by atoms with E-state index >= 15 is 0 Å². The number of carbonyl (C=O) groups is 1. The van der Waals surface area contributed by atoms with Crippen LogP contribution in [-0.2, 0) is 4.74 Å². The third-order valence-electron chi connectivity index (χ3n) is 2.75. The lowest BCUT2D eigenvalue weighted by Gasteiger charge is -2.21. The van der Waals surface area contributed by atoms with Crippen molar-refractivity contribution in [2.45, 2.75) is 45.0 Å². The van der Waals surface area contributed by atoms with Crippen molar-refractivity contribution in [1.82, 2.24) is 15.3 Å². The molecule has 0 radical (unpaired) electrons. The number of alkyl carbamates (subject to hydrolysis) is 1.